The average molecular weight is 270 g/mol. The summed E-state index contributed by atoms with van der Waals surface area (Å²) in [4.78, 5) is 25.1. The van der Waals surface area contributed by atoms with Crippen molar-refractivity contribution in [3.05, 3.63) is 39.2 Å². The molecule has 4 atom stereocenters. The number of aromatic amines is 1. The fourth-order valence-corrected chi connectivity index (χ4v) is 1.95. The molecule has 1 aliphatic rings. The Kier molecular flexibility index (Phi) is 3.67. The van der Waals surface area contributed by atoms with E-state index in [1.807, 2.05) is 4.98 Å². The van der Waals surface area contributed by atoms with E-state index in [0.717, 1.165) is 4.57 Å². The molecule has 2 unspecified atom stereocenters. The maximum Gasteiger partial charge on any atom is 0.330 e. The summed E-state index contributed by atoms with van der Waals surface area (Å²) in [7, 11) is 0. The monoisotopic (exact) mass is 270 g/mol. The van der Waals surface area contributed by atoms with Crippen molar-refractivity contribution in [1.82, 2.24) is 9.55 Å². The van der Waals surface area contributed by atoms with E-state index >= 15 is 0 Å². The molecule has 0 radical (unpaired) electrons. The molecule has 0 aliphatic carbocycles. The summed E-state index contributed by atoms with van der Waals surface area (Å²) in [6.45, 7) is 2.93. The molecule has 2 heterocycles. The Balaban J connectivity index is 2.46. The summed E-state index contributed by atoms with van der Waals surface area (Å²) < 4.78 is 6.14. The Morgan fingerprint density at radius 2 is 2.11 bits per heavy atom. The molecule has 2 rings (SSSR count). The zero-order valence-electron chi connectivity index (χ0n) is 9.89. The molecule has 4 N–H and O–H groups in total. The third-order valence-electron chi connectivity index (χ3n) is 3.01. The lowest BCUT2D eigenvalue weighted by Gasteiger charge is -2.17. The molecular weight excluding hydrogens is 256 g/mol. The van der Waals surface area contributed by atoms with Crippen molar-refractivity contribution >= 4 is 6.08 Å². The summed E-state index contributed by atoms with van der Waals surface area (Å²) in [5.74, 6) is 0. The van der Waals surface area contributed by atoms with Crippen molar-refractivity contribution in [3.63, 3.8) is 0 Å². The number of aliphatic hydroxyl groups is 3. The second kappa shape index (κ2) is 5.10. The van der Waals surface area contributed by atoms with E-state index < -0.39 is 42.4 Å². The number of aliphatic hydroxyl groups excluding tert-OH is 3. The van der Waals surface area contributed by atoms with E-state index in [0.29, 0.717) is 0 Å². The van der Waals surface area contributed by atoms with Gasteiger partial charge in [0.25, 0.3) is 5.56 Å². The topological polar surface area (TPSA) is 125 Å². The molecule has 0 amide bonds. The smallest absolute Gasteiger partial charge is 0.330 e. The zero-order chi connectivity index (χ0) is 14.2. The Morgan fingerprint density at radius 1 is 1.42 bits per heavy atom. The Morgan fingerprint density at radius 3 is 2.63 bits per heavy atom. The lowest BCUT2D eigenvalue weighted by Crippen LogP contribution is -2.38. The molecule has 1 fully saturated rings. The predicted octanol–water partition coefficient (Wildman–Crippen LogP) is -2.21. The number of hydrogen-bond donors (Lipinski definition) is 4. The van der Waals surface area contributed by atoms with Gasteiger partial charge in [0.05, 0.1) is 12.2 Å². The van der Waals surface area contributed by atoms with Gasteiger partial charge in [0.1, 0.15) is 18.3 Å². The molecule has 104 valence electrons. The zero-order valence-corrected chi connectivity index (χ0v) is 9.89. The number of H-pyrrole nitrogens is 1. The molecule has 8 nitrogen and oxygen atoms in total. The predicted molar refractivity (Wildman–Crippen MR) is 64.4 cm³/mol. The second-order valence-electron chi connectivity index (χ2n) is 4.18. The third kappa shape index (κ3) is 2.26. The fraction of sp³-hybridized carbons (Fsp3) is 0.455. The molecule has 0 spiro atoms. The minimum absolute atomic E-state index is 0.123. The Labute approximate surface area is 107 Å². The standard InChI is InChI=1S/C11H14N2O6/c1-2-5-3-13(11(18)12-9(5)17)10-8(16)7(15)6(4-14)19-10/h2-3,6-8,10,14-16H,1,4H2,(H,12,17,18)/t6?,7-,8-,10?/m0/s1. The first-order valence-electron chi connectivity index (χ1n) is 5.60. The molecule has 8 heteroatoms. The summed E-state index contributed by atoms with van der Waals surface area (Å²) in [5, 5.41) is 28.4. The van der Waals surface area contributed by atoms with Gasteiger partial charge in [-0.25, -0.2) is 4.79 Å². The lowest BCUT2D eigenvalue weighted by atomic mass is 10.1. The maximum absolute atomic E-state index is 11.7. The lowest BCUT2D eigenvalue weighted by molar-refractivity contribution is -0.0550. The highest BCUT2D eigenvalue weighted by atomic mass is 16.6. The van der Waals surface area contributed by atoms with Gasteiger partial charge in [-0.05, 0) is 0 Å². The minimum Gasteiger partial charge on any atom is -0.394 e. The molecular formula is C11H14N2O6. The van der Waals surface area contributed by atoms with E-state index in [1.165, 1.54) is 12.3 Å². The number of nitrogens with one attached hydrogen (secondary N) is 1. The quantitative estimate of drug-likeness (QED) is 0.493. The van der Waals surface area contributed by atoms with Crippen LogP contribution in [0.3, 0.4) is 0 Å². The van der Waals surface area contributed by atoms with Crippen LogP contribution >= 0.6 is 0 Å². The van der Waals surface area contributed by atoms with Crippen LogP contribution in [0.4, 0.5) is 0 Å². The van der Waals surface area contributed by atoms with E-state index in [1.54, 1.807) is 0 Å². The second-order valence-corrected chi connectivity index (χ2v) is 4.18. The average Bonchev–Trinajstić information content (AvgIpc) is 2.67. The van der Waals surface area contributed by atoms with Crippen LogP contribution in [0.1, 0.15) is 11.8 Å². The van der Waals surface area contributed by atoms with Crippen molar-refractivity contribution in [3.8, 4) is 0 Å². The molecule has 1 saturated heterocycles. The Hall–Kier alpha value is -1.74. The maximum atomic E-state index is 11.7. The number of rotatable bonds is 3. The summed E-state index contributed by atoms with van der Waals surface area (Å²) >= 11 is 0. The molecule has 0 saturated carbocycles. The SMILES string of the molecule is C=Cc1cn(C2OC(CO)[C@H](O)[C@@H]2O)c(=O)[nH]c1=O. The van der Waals surface area contributed by atoms with Crippen molar-refractivity contribution in [1.29, 1.82) is 0 Å². The van der Waals surface area contributed by atoms with Crippen LogP contribution in [0.5, 0.6) is 0 Å². The molecule has 1 aliphatic heterocycles. The van der Waals surface area contributed by atoms with Crippen molar-refractivity contribution in [2.75, 3.05) is 6.61 Å². The Bertz CT molecular complexity index is 592. The van der Waals surface area contributed by atoms with Gasteiger partial charge in [-0.15, -0.1) is 0 Å². The van der Waals surface area contributed by atoms with Crippen LogP contribution in [0, 0.1) is 0 Å². The van der Waals surface area contributed by atoms with Crippen LogP contribution in [-0.4, -0.2) is 49.8 Å². The molecule has 0 bridgehead atoms. The third-order valence-corrected chi connectivity index (χ3v) is 3.01. The van der Waals surface area contributed by atoms with Crippen LogP contribution in [-0.2, 0) is 4.74 Å². The normalized spacial score (nSPS) is 30.5. The number of aromatic nitrogens is 2. The first-order valence-corrected chi connectivity index (χ1v) is 5.60. The van der Waals surface area contributed by atoms with E-state index in [9.17, 15) is 19.8 Å². The fourth-order valence-electron chi connectivity index (χ4n) is 1.95. The highest BCUT2D eigenvalue weighted by Crippen LogP contribution is 2.27. The molecule has 1 aromatic heterocycles. The minimum atomic E-state index is -1.39. The first-order chi connectivity index (χ1) is 8.99. The van der Waals surface area contributed by atoms with Gasteiger partial charge >= 0.3 is 5.69 Å². The van der Waals surface area contributed by atoms with E-state index in [-0.39, 0.29) is 5.56 Å². The van der Waals surface area contributed by atoms with E-state index in [2.05, 4.69) is 6.58 Å². The van der Waals surface area contributed by atoms with Gasteiger partial charge in [-0.1, -0.05) is 12.7 Å². The first kappa shape index (κ1) is 13.7. The van der Waals surface area contributed by atoms with Gasteiger partial charge in [0.2, 0.25) is 0 Å². The largest absolute Gasteiger partial charge is 0.394 e. The van der Waals surface area contributed by atoms with Gasteiger partial charge in [-0.2, -0.15) is 0 Å². The number of hydrogen-bond acceptors (Lipinski definition) is 6. The molecule has 1 aromatic rings. The van der Waals surface area contributed by atoms with Gasteiger partial charge in [0.15, 0.2) is 6.23 Å². The highest BCUT2D eigenvalue weighted by molar-refractivity contribution is 5.43. The van der Waals surface area contributed by atoms with Crippen LogP contribution in [0.15, 0.2) is 22.4 Å². The summed E-state index contributed by atoms with van der Waals surface area (Å²) in [5.41, 5.74) is -1.27. The molecule has 0 aromatic carbocycles. The van der Waals surface area contributed by atoms with Crippen LogP contribution in [0.25, 0.3) is 6.08 Å². The highest BCUT2D eigenvalue weighted by Gasteiger charge is 2.43. The van der Waals surface area contributed by atoms with Gasteiger partial charge in [0, 0.05) is 6.20 Å². The van der Waals surface area contributed by atoms with E-state index in [4.69, 9.17) is 9.84 Å². The van der Waals surface area contributed by atoms with Gasteiger partial charge in [-0.3, -0.25) is 14.3 Å². The summed E-state index contributed by atoms with van der Waals surface area (Å²) in [6.07, 6.45) is -2.47. The van der Waals surface area contributed by atoms with Crippen LogP contribution in [0.2, 0.25) is 0 Å². The van der Waals surface area contributed by atoms with Gasteiger partial charge < -0.3 is 20.1 Å². The molecule has 19 heavy (non-hydrogen) atoms. The number of nitrogens with zero attached hydrogens (tertiary/aromatic N) is 1. The van der Waals surface area contributed by atoms with Crippen molar-refractivity contribution in [2.24, 2.45) is 0 Å². The van der Waals surface area contributed by atoms with Crippen molar-refractivity contribution in [2.45, 2.75) is 24.5 Å². The number of ether oxygens (including phenoxy) is 1. The summed E-state index contributed by atoms with van der Waals surface area (Å²) in [6, 6.07) is 0. The van der Waals surface area contributed by atoms with Crippen LogP contribution < -0.4 is 11.2 Å². The van der Waals surface area contributed by atoms with Crippen molar-refractivity contribution < 1.29 is 20.1 Å².